The molecule has 416 valence electrons. The molecule has 2 aliphatic heterocycles. The van der Waals surface area contributed by atoms with E-state index in [4.69, 9.17) is 31.3 Å². The predicted molar refractivity (Wildman–Crippen MR) is 332 cm³/mol. The molecule has 13 nitrogen and oxygen atoms in total. The van der Waals surface area contributed by atoms with Crippen molar-refractivity contribution in [2.75, 3.05) is 17.7 Å². The van der Waals surface area contributed by atoms with Crippen molar-refractivity contribution in [3.05, 3.63) is 308 Å². The monoisotopic (exact) mass is 1180 g/mol. The summed E-state index contributed by atoms with van der Waals surface area (Å²) in [5, 5.41) is 24.3. The number of allylic oxidation sites excluding steroid dienone is 1. The van der Waals surface area contributed by atoms with E-state index < -0.39 is 47.1 Å². The van der Waals surface area contributed by atoms with Crippen LogP contribution in [0.3, 0.4) is 0 Å². The number of β-lactam (4-membered cyclic amide) rings is 1. The Kier molecular flexibility index (Phi) is 16.3. The number of fused-ring (bicyclic) bond motifs is 1. The van der Waals surface area contributed by atoms with E-state index in [0.717, 1.165) is 55.8 Å². The van der Waals surface area contributed by atoms with Gasteiger partial charge in [-0.15, -0.1) is 10.2 Å². The van der Waals surface area contributed by atoms with Crippen molar-refractivity contribution in [3.63, 3.8) is 0 Å². The predicted octanol–water partition coefficient (Wildman–Crippen LogP) is 13.6. The first kappa shape index (κ1) is 55.3. The van der Waals surface area contributed by atoms with Crippen molar-refractivity contribution >= 4 is 79.8 Å². The molecule has 0 bridgehead atoms. The molecule has 2 unspecified atom stereocenters. The number of anilines is 2. The van der Waals surface area contributed by atoms with Crippen LogP contribution in [0.1, 0.15) is 69.1 Å². The molecular formula is C67H53ClN8O5S3. The fourth-order valence-corrected chi connectivity index (χ4v) is 14.0. The molecule has 17 heteroatoms. The number of thiazole rings is 1. The smallest absolute Gasteiger partial charge is 0.356 e. The largest absolute Gasteiger partial charge is 0.448 e. The van der Waals surface area contributed by atoms with Crippen molar-refractivity contribution in [2.24, 2.45) is 5.16 Å². The Labute approximate surface area is 503 Å². The van der Waals surface area contributed by atoms with Gasteiger partial charge in [0.25, 0.3) is 11.8 Å². The number of nitrogens with zero attached hydrogens (tertiary/aromatic N) is 5. The zero-order chi connectivity index (χ0) is 57.5. The Bertz CT molecular complexity index is 3740. The zero-order valence-corrected chi connectivity index (χ0v) is 48.3. The molecule has 84 heavy (non-hydrogen) atoms. The lowest BCUT2D eigenvalue weighted by Crippen LogP contribution is -2.72. The van der Waals surface area contributed by atoms with Gasteiger partial charge in [-0.25, -0.2) is 9.78 Å². The number of carbonyl (C=O) groups excluding carboxylic acids is 3. The number of hydrogen-bond acceptors (Lipinski definition) is 14. The highest BCUT2D eigenvalue weighted by atomic mass is 35.5. The third-order valence-electron chi connectivity index (χ3n) is 14.9. The minimum atomic E-state index is -1.43. The molecule has 10 aromatic rings. The fraction of sp³-hybridized carbons (Fsp3) is 0.119. The van der Waals surface area contributed by atoms with E-state index in [2.05, 4.69) is 62.5 Å². The van der Waals surface area contributed by atoms with E-state index in [-0.39, 0.29) is 21.4 Å². The highest BCUT2D eigenvalue weighted by molar-refractivity contribution is 8.04. The number of aromatic nitrogens is 3. The summed E-state index contributed by atoms with van der Waals surface area (Å²) < 4.78 is 7.17. The van der Waals surface area contributed by atoms with Gasteiger partial charge in [0, 0.05) is 28.6 Å². The highest BCUT2D eigenvalue weighted by Gasteiger charge is 2.55. The molecule has 2 aromatic heterocycles. The van der Waals surface area contributed by atoms with E-state index in [1.807, 2.05) is 206 Å². The molecule has 0 aliphatic carbocycles. The van der Waals surface area contributed by atoms with E-state index in [1.165, 1.54) is 28.0 Å². The molecule has 0 spiro atoms. The quantitative estimate of drug-likeness (QED) is 0.0219. The van der Waals surface area contributed by atoms with Crippen molar-refractivity contribution in [2.45, 2.75) is 46.5 Å². The van der Waals surface area contributed by atoms with Gasteiger partial charge in [0.05, 0.1) is 6.04 Å². The first-order chi connectivity index (χ1) is 41.2. The lowest BCUT2D eigenvalue weighted by atomic mass is 9.77. The van der Waals surface area contributed by atoms with Crippen molar-refractivity contribution in [3.8, 4) is 0 Å². The topological polar surface area (TPSA) is 160 Å². The molecule has 0 saturated carbocycles. The van der Waals surface area contributed by atoms with Gasteiger partial charge in [0.2, 0.25) is 10.7 Å². The van der Waals surface area contributed by atoms with Crippen LogP contribution < -0.4 is 16.0 Å². The Hall–Kier alpha value is -9.19. The van der Waals surface area contributed by atoms with Crippen LogP contribution >= 0.6 is 46.0 Å². The third kappa shape index (κ3) is 10.9. The van der Waals surface area contributed by atoms with Gasteiger partial charge in [-0.3, -0.25) is 14.5 Å². The Morgan fingerprint density at radius 3 is 1.54 bits per heavy atom. The maximum atomic E-state index is 15.7. The minimum Gasteiger partial charge on any atom is -0.448 e. The van der Waals surface area contributed by atoms with Gasteiger partial charge >= 0.3 is 5.97 Å². The lowest BCUT2D eigenvalue weighted by Gasteiger charge is -2.50. The Morgan fingerprint density at radius 2 is 1.08 bits per heavy atom. The number of benzene rings is 8. The van der Waals surface area contributed by atoms with Crippen LogP contribution in [0.4, 0.5) is 10.3 Å². The number of nitrogens with one attached hydrogen (secondary N) is 3. The number of esters is 1. The second kappa shape index (κ2) is 24.7. The third-order valence-corrected chi connectivity index (χ3v) is 18.2. The van der Waals surface area contributed by atoms with Crippen molar-refractivity contribution in [1.29, 1.82) is 0 Å². The lowest BCUT2D eigenvalue weighted by molar-refractivity contribution is -0.158. The summed E-state index contributed by atoms with van der Waals surface area (Å²) >= 11 is 11.1. The van der Waals surface area contributed by atoms with Crippen molar-refractivity contribution in [1.82, 2.24) is 25.4 Å². The summed E-state index contributed by atoms with van der Waals surface area (Å²) in [4.78, 5) is 60.0. The van der Waals surface area contributed by atoms with E-state index >= 15 is 14.4 Å². The number of carbonyl (C=O) groups is 3. The fourth-order valence-electron chi connectivity index (χ4n) is 11.0. The van der Waals surface area contributed by atoms with E-state index in [0.29, 0.717) is 32.3 Å². The number of halogens is 1. The number of ether oxygens (including phenoxy) is 1. The van der Waals surface area contributed by atoms with Gasteiger partial charge in [-0.05, 0) is 40.7 Å². The second-order valence-corrected chi connectivity index (χ2v) is 23.7. The van der Waals surface area contributed by atoms with Gasteiger partial charge in [0.1, 0.15) is 27.3 Å². The van der Waals surface area contributed by atoms with Crippen LogP contribution in [0.2, 0.25) is 4.34 Å². The summed E-state index contributed by atoms with van der Waals surface area (Å²) in [6.07, 6.45) is -0.0809. The van der Waals surface area contributed by atoms with Gasteiger partial charge in [0.15, 0.2) is 21.3 Å². The summed E-state index contributed by atoms with van der Waals surface area (Å²) in [5.41, 5.74) is 3.77. The molecule has 2 amide bonds. The summed E-state index contributed by atoms with van der Waals surface area (Å²) in [7, 11) is 1.75. The summed E-state index contributed by atoms with van der Waals surface area (Å²) in [6.45, 7) is 0. The number of amides is 2. The van der Waals surface area contributed by atoms with E-state index in [1.54, 1.807) is 7.05 Å². The molecule has 2 aliphatic rings. The van der Waals surface area contributed by atoms with Crippen LogP contribution in [0.15, 0.2) is 263 Å². The number of hydrogen-bond donors (Lipinski definition) is 3. The molecule has 0 radical (unpaired) electrons. The van der Waals surface area contributed by atoms with Crippen LogP contribution in [0.25, 0.3) is 0 Å². The molecule has 4 heterocycles. The van der Waals surface area contributed by atoms with Crippen molar-refractivity contribution < 1.29 is 24.0 Å². The van der Waals surface area contributed by atoms with Gasteiger partial charge in [-0.2, -0.15) is 0 Å². The number of oxime groups is 1. The van der Waals surface area contributed by atoms with Crippen LogP contribution in [0.5, 0.6) is 0 Å². The standard InChI is InChI=1S/C67H53ClN8O5S3/c1-69-63-73-74-65(84-63)82-53-43-42-52-54(61(78)76(52)57(53)62(79)80-58(44-26-10-2-11-27-44)45-28-12-3-13-29-45)70-60(77)56(75-81-67(49-36-20-7-21-37-49,50-38-22-8-23-39-50)51-40-24-9-25-41-51)55-59(68)83-64(71-55)72-66(46-30-14-4-15-31-46,47-32-16-5-17-33-47)48-34-18-6-19-35-48/h2-41,52,54,58H,42-43H2,1H3,(H,69,73)(H,70,77)(H,71,72)/b75-56-. The summed E-state index contributed by atoms with van der Waals surface area (Å²) in [5.74, 6) is -2.02. The normalized spacial score (nSPS) is 15.2. The minimum absolute atomic E-state index is 0.00817. The van der Waals surface area contributed by atoms with Gasteiger partial charge in [-0.1, -0.05) is 294 Å². The molecule has 3 N–H and O–H groups in total. The Balaban J connectivity index is 0.951. The highest BCUT2D eigenvalue weighted by Crippen LogP contribution is 2.47. The molecule has 1 saturated heterocycles. The molecule has 8 aromatic carbocycles. The zero-order valence-electron chi connectivity index (χ0n) is 45.1. The maximum absolute atomic E-state index is 15.7. The molecule has 2 atom stereocenters. The SMILES string of the molecule is CNc1nnc(SC2=C(C(=O)OC(c3ccccc3)c3ccccc3)N3C(=O)C(NC(=O)/C(=N\OC(c4ccccc4)(c4ccccc4)c4ccccc4)c4nc(NC(c5ccccc5)(c5ccccc5)c5ccccc5)sc4Cl)C3CC2)s1. The number of thioether (sulfide) groups is 1. The average Bonchev–Trinajstić information content (AvgIpc) is 1.98. The van der Waals surface area contributed by atoms with Crippen LogP contribution in [0, 0.1) is 0 Å². The average molecular weight is 1180 g/mol. The maximum Gasteiger partial charge on any atom is 0.356 e. The first-order valence-electron chi connectivity index (χ1n) is 27.2. The van der Waals surface area contributed by atoms with Crippen LogP contribution in [-0.4, -0.2) is 62.7 Å². The first-order valence-corrected chi connectivity index (χ1v) is 30.0. The van der Waals surface area contributed by atoms with Crippen LogP contribution in [-0.2, 0) is 35.1 Å². The second-order valence-electron chi connectivity index (χ2n) is 19.8. The molecular weight excluding hydrogens is 1130 g/mol. The Morgan fingerprint density at radius 1 is 0.631 bits per heavy atom. The van der Waals surface area contributed by atoms with Gasteiger partial charge < -0.3 is 25.5 Å². The summed E-state index contributed by atoms with van der Waals surface area (Å²) in [6, 6.07) is 76.3. The van der Waals surface area contributed by atoms with E-state index in [9.17, 15) is 0 Å². The molecule has 12 rings (SSSR count). The molecule has 1 fully saturated rings. The number of rotatable bonds is 20.